The summed E-state index contributed by atoms with van der Waals surface area (Å²) in [6.07, 6.45) is 0.307. The Hall–Kier alpha value is -5.35. The molecule has 1 aromatic heterocycles. The topological polar surface area (TPSA) is 116 Å². The fraction of sp³-hybridized carbons (Fsp3) is 0.295. The van der Waals surface area contributed by atoms with Gasteiger partial charge in [-0.05, 0) is 54.5 Å². The van der Waals surface area contributed by atoms with Gasteiger partial charge in [-0.3, -0.25) is 9.59 Å². The fourth-order valence-electron chi connectivity index (χ4n) is 6.53. The molecular weight excluding hydrogens is 670 g/mol. The second kappa shape index (κ2) is 18.4. The number of aliphatic hydroxyl groups is 1. The molecule has 53 heavy (non-hydrogen) atoms. The van der Waals surface area contributed by atoms with Crippen LogP contribution in [-0.4, -0.2) is 66.4 Å². The first-order valence-electron chi connectivity index (χ1n) is 18.1. The van der Waals surface area contributed by atoms with Crippen molar-refractivity contribution < 1.29 is 38.1 Å². The second-order valence-electron chi connectivity index (χ2n) is 13.3. The van der Waals surface area contributed by atoms with Crippen molar-refractivity contribution >= 4 is 17.8 Å². The first-order chi connectivity index (χ1) is 25.9. The summed E-state index contributed by atoms with van der Waals surface area (Å²) in [5.74, 6) is -1.70. The third-order valence-corrected chi connectivity index (χ3v) is 9.32. The van der Waals surface area contributed by atoms with E-state index in [9.17, 15) is 19.5 Å². The number of rotatable bonds is 18. The van der Waals surface area contributed by atoms with Gasteiger partial charge in [0.1, 0.15) is 24.4 Å². The van der Waals surface area contributed by atoms with E-state index in [0.29, 0.717) is 38.2 Å². The molecule has 0 bridgehead atoms. The molecule has 0 unspecified atom stereocenters. The number of amides is 2. The first-order valence-corrected chi connectivity index (χ1v) is 18.1. The third kappa shape index (κ3) is 9.96. The van der Waals surface area contributed by atoms with Crippen molar-refractivity contribution in [3.8, 4) is 11.1 Å². The Kier molecular flexibility index (Phi) is 13.0. The summed E-state index contributed by atoms with van der Waals surface area (Å²) < 4.78 is 23.4. The molecule has 3 atom stereocenters. The summed E-state index contributed by atoms with van der Waals surface area (Å²) in [7, 11) is 0. The van der Waals surface area contributed by atoms with Crippen LogP contribution in [0.3, 0.4) is 0 Å². The summed E-state index contributed by atoms with van der Waals surface area (Å²) >= 11 is 0. The van der Waals surface area contributed by atoms with Gasteiger partial charge in [-0.15, -0.1) is 0 Å². The minimum absolute atomic E-state index is 0.0496. The lowest BCUT2D eigenvalue weighted by atomic mass is 9.91. The maximum absolute atomic E-state index is 14.5. The Balaban J connectivity index is 1.20. The quantitative estimate of drug-likeness (QED) is 0.0567. The van der Waals surface area contributed by atoms with Gasteiger partial charge in [0.25, 0.3) is 0 Å². The minimum atomic E-state index is -1.22. The molecule has 1 fully saturated rings. The Bertz CT molecular complexity index is 1940. The third-order valence-electron chi connectivity index (χ3n) is 9.32. The van der Waals surface area contributed by atoms with Gasteiger partial charge < -0.3 is 23.7 Å². The lowest BCUT2D eigenvalue weighted by molar-refractivity contribution is -0.131. The number of Topliss-reactive ketones (excluding diaryl/α,β-unsaturated/α-hetero) is 1. The van der Waals surface area contributed by atoms with Crippen LogP contribution in [-0.2, 0) is 44.9 Å². The summed E-state index contributed by atoms with van der Waals surface area (Å²) in [4.78, 5) is 43.0. The highest BCUT2D eigenvalue weighted by molar-refractivity contribution is 6.12. The number of carbonyl (C=O) groups excluding carboxylic acids is 3. The Morgan fingerprint density at radius 3 is 2.23 bits per heavy atom. The van der Waals surface area contributed by atoms with Crippen LogP contribution in [0.25, 0.3) is 11.1 Å². The van der Waals surface area contributed by atoms with Crippen LogP contribution in [0.1, 0.15) is 45.0 Å². The predicted octanol–water partition coefficient (Wildman–Crippen LogP) is 7.41. The van der Waals surface area contributed by atoms with E-state index in [1.165, 1.54) is 0 Å². The maximum Gasteiger partial charge on any atom is 0.417 e. The van der Waals surface area contributed by atoms with E-state index >= 15 is 0 Å². The summed E-state index contributed by atoms with van der Waals surface area (Å²) in [6.45, 7) is 2.85. The summed E-state index contributed by atoms with van der Waals surface area (Å²) in [6, 6.07) is 37.7. The molecule has 0 spiro atoms. The molecule has 1 aliphatic heterocycles. The number of furan rings is 1. The van der Waals surface area contributed by atoms with Crippen molar-refractivity contribution in [2.45, 2.75) is 51.4 Å². The fourth-order valence-corrected chi connectivity index (χ4v) is 6.53. The van der Waals surface area contributed by atoms with Crippen LogP contribution < -0.4 is 0 Å². The number of aryl methyl sites for hydroxylation is 2. The van der Waals surface area contributed by atoms with Gasteiger partial charge in [0.15, 0.2) is 5.76 Å². The number of hydrogen-bond donors (Lipinski definition) is 1. The monoisotopic (exact) mass is 715 g/mol. The highest BCUT2D eigenvalue weighted by Gasteiger charge is 2.44. The molecule has 9 nitrogen and oxygen atoms in total. The standard InChI is InChI=1S/C44H45NO8/c1-31-13-11-20-35(23-31)38-26-41(53-40(38)21-12-22-50-30-37(27-46)51-28-34-18-9-4-10-19-34)42(47)39(25-33-16-7-3-8-17-33)43(48)45-36(29-52-44(45)49)24-32-14-5-2-6-15-32/h2-11,13-20,23,26,36-37,39,46H,12,21-22,24-25,27-30H2,1H3/t36-,37+,39+/m0/s1. The SMILES string of the molecule is Cc1cccc(-c2cc(C(=O)[C@@H](Cc3ccccc3)C(=O)N3C(=O)OC[C@@H]3Cc3ccccc3)oc2CCCOC[C@@H](CO)OCc2ccccc2)c1. The number of carbonyl (C=O) groups is 3. The van der Waals surface area contributed by atoms with Gasteiger partial charge in [0.2, 0.25) is 11.7 Å². The van der Waals surface area contributed by atoms with Crippen LogP contribution in [0.4, 0.5) is 4.79 Å². The minimum Gasteiger partial charge on any atom is -0.457 e. The van der Waals surface area contributed by atoms with Crippen molar-refractivity contribution in [1.29, 1.82) is 0 Å². The molecule has 9 heteroatoms. The molecule has 0 radical (unpaired) electrons. The van der Waals surface area contributed by atoms with Crippen molar-refractivity contribution in [2.24, 2.45) is 5.92 Å². The van der Waals surface area contributed by atoms with Crippen LogP contribution >= 0.6 is 0 Å². The lowest BCUT2D eigenvalue weighted by Crippen LogP contribution is -2.46. The van der Waals surface area contributed by atoms with Gasteiger partial charge >= 0.3 is 6.09 Å². The van der Waals surface area contributed by atoms with Crippen LogP contribution in [0.5, 0.6) is 0 Å². The number of benzene rings is 4. The molecule has 0 saturated carbocycles. The predicted molar refractivity (Wildman–Crippen MR) is 200 cm³/mol. The van der Waals surface area contributed by atoms with Gasteiger partial charge in [-0.2, -0.15) is 0 Å². The van der Waals surface area contributed by atoms with E-state index < -0.39 is 35.8 Å². The number of imide groups is 1. The molecule has 2 amide bonds. The first kappa shape index (κ1) is 37.4. The highest BCUT2D eigenvalue weighted by Crippen LogP contribution is 2.32. The van der Waals surface area contributed by atoms with Crippen LogP contribution in [0.2, 0.25) is 0 Å². The van der Waals surface area contributed by atoms with Gasteiger partial charge in [0.05, 0.1) is 25.9 Å². The Labute approximate surface area is 310 Å². The normalized spacial score (nSPS) is 15.2. The summed E-state index contributed by atoms with van der Waals surface area (Å²) in [5.41, 5.74) is 5.43. The Morgan fingerprint density at radius 1 is 0.868 bits per heavy atom. The molecule has 1 aliphatic rings. The smallest absolute Gasteiger partial charge is 0.417 e. The average molecular weight is 716 g/mol. The van der Waals surface area contributed by atoms with Crippen molar-refractivity contribution in [1.82, 2.24) is 4.90 Å². The Morgan fingerprint density at radius 2 is 1.55 bits per heavy atom. The largest absolute Gasteiger partial charge is 0.457 e. The number of ether oxygens (including phenoxy) is 3. The van der Waals surface area contributed by atoms with Gasteiger partial charge in [0, 0.05) is 18.6 Å². The van der Waals surface area contributed by atoms with Crippen molar-refractivity contribution in [3.05, 3.63) is 155 Å². The molecule has 5 aromatic rings. The molecule has 1 N–H and O–H groups in total. The summed E-state index contributed by atoms with van der Waals surface area (Å²) in [5, 5.41) is 9.82. The molecule has 0 aliphatic carbocycles. The molecule has 274 valence electrons. The zero-order valence-electron chi connectivity index (χ0n) is 29.9. The molecule has 2 heterocycles. The number of nitrogens with zero attached hydrogens (tertiary/aromatic N) is 1. The van der Waals surface area contributed by atoms with E-state index in [2.05, 4.69) is 0 Å². The van der Waals surface area contributed by atoms with Crippen molar-refractivity contribution in [2.75, 3.05) is 26.4 Å². The van der Waals surface area contributed by atoms with Crippen LogP contribution in [0.15, 0.2) is 126 Å². The van der Waals surface area contributed by atoms with Gasteiger partial charge in [-0.1, -0.05) is 121 Å². The highest BCUT2D eigenvalue weighted by atomic mass is 16.6. The van der Waals surface area contributed by atoms with E-state index in [0.717, 1.165) is 38.3 Å². The van der Waals surface area contributed by atoms with E-state index in [4.69, 9.17) is 18.6 Å². The zero-order valence-corrected chi connectivity index (χ0v) is 29.9. The second-order valence-corrected chi connectivity index (χ2v) is 13.3. The number of aliphatic hydroxyl groups excluding tert-OH is 1. The lowest BCUT2D eigenvalue weighted by Gasteiger charge is -2.24. The average Bonchev–Trinajstić information content (AvgIpc) is 3.78. The van der Waals surface area contributed by atoms with E-state index in [-0.39, 0.29) is 32.0 Å². The van der Waals surface area contributed by atoms with Gasteiger partial charge in [-0.25, -0.2) is 9.69 Å². The van der Waals surface area contributed by atoms with E-state index in [1.807, 2.05) is 122 Å². The molecule has 6 rings (SSSR count). The number of ketones is 1. The molecular formula is C44H45NO8. The van der Waals surface area contributed by atoms with Crippen molar-refractivity contribution in [3.63, 3.8) is 0 Å². The molecule has 1 saturated heterocycles. The number of hydrogen-bond acceptors (Lipinski definition) is 8. The molecule has 4 aromatic carbocycles. The van der Waals surface area contributed by atoms with Crippen LogP contribution in [0, 0.1) is 12.8 Å². The zero-order chi connectivity index (χ0) is 37.0. The number of cyclic esters (lactones) is 1. The van der Waals surface area contributed by atoms with E-state index in [1.54, 1.807) is 6.07 Å². The maximum atomic E-state index is 14.5.